The predicted octanol–water partition coefficient (Wildman–Crippen LogP) is 5.15. The first-order chi connectivity index (χ1) is 9.25. The summed E-state index contributed by atoms with van der Waals surface area (Å²) in [7, 11) is 0. The molecule has 2 nitrogen and oxygen atoms in total. The quantitative estimate of drug-likeness (QED) is 0.762. The molecule has 0 bridgehead atoms. The second-order valence-corrected chi connectivity index (χ2v) is 5.44. The third-order valence-electron chi connectivity index (χ3n) is 3.61. The molecule has 0 aliphatic carbocycles. The van der Waals surface area contributed by atoms with E-state index in [1.807, 2.05) is 25.3 Å². The van der Waals surface area contributed by atoms with Crippen LogP contribution in [0, 0.1) is 0 Å². The molecule has 110 valence electrons. The van der Waals surface area contributed by atoms with Crippen LogP contribution in [-0.2, 0) is 6.18 Å². The first-order valence-electron chi connectivity index (χ1n) is 6.84. The lowest BCUT2D eigenvalue weighted by molar-refractivity contribution is -0.137. The maximum absolute atomic E-state index is 12.8. The molecule has 5 heteroatoms. The van der Waals surface area contributed by atoms with E-state index < -0.39 is 11.7 Å². The van der Waals surface area contributed by atoms with Gasteiger partial charge in [0.2, 0.25) is 0 Å². The Morgan fingerprint density at radius 1 is 1.20 bits per heavy atom. The molecule has 1 aromatic heterocycles. The summed E-state index contributed by atoms with van der Waals surface area (Å²) in [6.07, 6.45) is -3.42. The third-order valence-corrected chi connectivity index (χ3v) is 3.61. The molecule has 0 saturated carbocycles. The van der Waals surface area contributed by atoms with Gasteiger partial charge in [-0.1, -0.05) is 13.8 Å². The number of hydrogen-bond donors (Lipinski definition) is 0. The van der Waals surface area contributed by atoms with Gasteiger partial charge in [0.25, 0.3) is 0 Å². The maximum Gasteiger partial charge on any atom is 0.416 e. The van der Waals surface area contributed by atoms with Gasteiger partial charge < -0.3 is 4.57 Å². The molecule has 1 atom stereocenters. The van der Waals surface area contributed by atoms with Crippen molar-refractivity contribution >= 4 is 11.0 Å². The molecular weight excluding hydrogens is 265 g/mol. The van der Waals surface area contributed by atoms with Crippen molar-refractivity contribution in [3.63, 3.8) is 0 Å². The topological polar surface area (TPSA) is 17.8 Å². The van der Waals surface area contributed by atoms with Crippen LogP contribution in [0.3, 0.4) is 0 Å². The van der Waals surface area contributed by atoms with Gasteiger partial charge in [0, 0.05) is 12.0 Å². The lowest BCUT2D eigenvalue weighted by atomic mass is 10.1. The Bertz CT molecular complexity index is 611. The molecule has 0 N–H and O–H groups in total. The molecule has 20 heavy (non-hydrogen) atoms. The van der Waals surface area contributed by atoms with Crippen LogP contribution in [-0.4, -0.2) is 9.55 Å². The highest BCUT2D eigenvalue weighted by Crippen LogP contribution is 2.33. The number of hydrogen-bond acceptors (Lipinski definition) is 1. The molecule has 0 radical (unpaired) electrons. The standard InChI is InChI=1S/C15H19F3N2/c1-5-10(4)14-19-12-8-11(15(16,17)18)6-7-13(12)20(14)9(2)3/h6-10H,5H2,1-4H3. The molecule has 2 aromatic rings. The van der Waals surface area contributed by atoms with E-state index >= 15 is 0 Å². The highest BCUT2D eigenvalue weighted by molar-refractivity contribution is 5.77. The van der Waals surface area contributed by atoms with E-state index in [2.05, 4.69) is 11.9 Å². The Hall–Kier alpha value is -1.52. The Labute approximate surface area is 116 Å². The molecule has 1 heterocycles. The number of alkyl halides is 3. The summed E-state index contributed by atoms with van der Waals surface area (Å²) >= 11 is 0. The van der Waals surface area contributed by atoms with Crippen molar-refractivity contribution in [2.24, 2.45) is 0 Å². The molecule has 2 rings (SSSR count). The molecule has 1 unspecified atom stereocenters. The summed E-state index contributed by atoms with van der Waals surface area (Å²) in [4.78, 5) is 4.44. The summed E-state index contributed by atoms with van der Waals surface area (Å²) in [6, 6.07) is 3.96. The minimum atomic E-state index is -4.33. The number of aromatic nitrogens is 2. The van der Waals surface area contributed by atoms with Gasteiger partial charge in [-0.15, -0.1) is 0 Å². The first-order valence-corrected chi connectivity index (χ1v) is 6.84. The Morgan fingerprint density at radius 2 is 1.85 bits per heavy atom. The fourth-order valence-electron chi connectivity index (χ4n) is 2.37. The molecule has 1 aromatic carbocycles. The number of halogens is 3. The lowest BCUT2D eigenvalue weighted by Crippen LogP contribution is -2.09. The van der Waals surface area contributed by atoms with Gasteiger partial charge in [-0.25, -0.2) is 4.98 Å². The van der Waals surface area contributed by atoms with Crippen molar-refractivity contribution < 1.29 is 13.2 Å². The van der Waals surface area contributed by atoms with Crippen molar-refractivity contribution in [3.8, 4) is 0 Å². The van der Waals surface area contributed by atoms with Crippen LogP contribution in [0.25, 0.3) is 11.0 Å². The van der Waals surface area contributed by atoms with Crippen molar-refractivity contribution in [3.05, 3.63) is 29.6 Å². The van der Waals surface area contributed by atoms with E-state index in [0.29, 0.717) is 5.52 Å². The van der Waals surface area contributed by atoms with Gasteiger partial charge in [0.1, 0.15) is 5.82 Å². The summed E-state index contributed by atoms with van der Waals surface area (Å²) in [5.41, 5.74) is 0.543. The molecule has 0 spiro atoms. The minimum absolute atomic E-state index is 0.167. The number of fused-ring (bicyclic) bond motifs is 1. The Kier molecular flexibility index (Phi) is 3.80. The van der Waals surface area contributed by atoms with Crippen LogP contribution in [0.1, 0.15) is 57.5 Å². The van der Waals surface area contributed by atoms with Crippen LogP contribution in [0.15, 0.2) is 18.2 Å². The van der Waals surface area contributed by atoms with E-state index in [4.69, 9.17) is 0 Å². The van der Waals surface area contributed by atoms with E-state index in [0.717, 1.165) is 29.9 Å². The second-order valence-electron chi connectivity index (χ2n) is 5.44. The minimum Gasteiger partial charge on any atom is -0.325 e. The van der Waals surface area contributed by atoms with Crippen LogP contribution in [0.4, 0.5) is 13.2 Å². The third kappa shape index (κ3) is 2.53. The van der Waals surface area contributed by atoms with Gasteiger partial charge >= 0.3 is 6.18 Å². The number of nitrogens with zero attached hydrogens (tertiary/aromatic N) is 2. The van der Waals surface area contributed by atoms with E-state index in [1.165, 1.54) is 6.07 Å². The van der Waals surface area contributed by atoms with Gasteiger partial charge in [-0.05, 0) is 38.5 Å². The molecular formula is C15H19F3N2. The molecule has 0 saturated heterocycles. The monoisotopic (exact) mass is 284 g/mol. The second kappa shape index (κ2) is 5.11. The lowest BCUT2D eigenvalue weighted by Gasteiger charge is -2.16. The highest BCUT2D eigenvalue weighted by Gasteiger charge is 2.31. The first kappa shape index (κ1) is 14.9. The van der Waals surface area contributed by atoms with Crippen LogP contribution in [0.2, 0.25) is 0 Å². The van der Waals surface area contributed by atoms with Crippen molar-refractivity contribution in [1.82, 2.24) is 9.55 Å². The van der Waals surface area contributed by atoms with Gasteiger partial charge in [-0.2, -0.15) is 13.2 Å². The predicted molar refractivity (Wildman–Crippen MR) is 73.8 cm³/mol. The maximum atomic E-state index is 12.8. The fourth-order valence-corrected chi connectivity index (χ4v) is 2.37. The van der Waals surface area contributed by atoms with Gasteiger partial charge in [-0.3, -0.25) is 0 Å². The number of benzene rings is 1. The summed E-state index contributed by atoms with van der Waals surface area (Å²) in [5, 5.41) is 0. The van der Waals surface area contributed by atoms with Gasteiger partial charge in [0.15, 0.2) is 0 Å². The smallest absolute Gasteiger partial charge is 0.325 e. The summed E-state index contributed by atoms with van der Waals surface area (Å²) in [5.74, 6) is 1.08. The van der Waals surface area contributed by atoms with Crippen LogP contribution < -0.4 is 0 Å². The SMILES string of the molecule is CCC(C)c1nc2cc(C(F)(F)F)ccc2n1C(C)C. The average Bonchev–Trinajstić information content (AvgIpc) is 2.74. The van der Waals surface area contributed by atoms with Crippen molar-refractivity contribution in [2.75, 3.05) is 0 Å². The Morgan fingerprint density at radius 3 is 2.35 bits per heavy atom. The van der Waals surface area contributed by atoms with Crippen molar-refractivity contribution in [2.45, 2.75) is 52.3 Å². The molecule has 0 aliphatic rings. The average molecular weight is 284 g/mol. The zero-order chi connectivity index (χ0) is 15.1. The van der Waals surface area contributed by atoms with E-state index in [9.17, 15) is 13.2 Å². The van der Waals surface area contributed by atoms with E-state index in [-0.39, 0.29) is 12.0 Å². The molecule has 0 amide bonds. The number of imidazole rings is 1. The van der Waals surface area contributed by atoms with Crippen LogP contribution >= 0.6 is 0 Å². The van der Waals surface area contributed by atoms with Gasteiger partial charge in [0.05, 0.1) is 16.6 Å². The van der Waals surface area contributed by atoms with E-state index in [1.54, 1.807) is 0 Å². The largest absolute Gasteiger partial charge is 0.416 e. The Balaban J connectivity index is 2.67. The number of rotatable bonds is 3. The summed E-state index contributed by atoms with van der Waals surface area (Å²) in [6.45, 7) is 8.13. The normalized spacial score (nSPS) is 14.2. The van der Waals surface area contributed by atoms with Crippen LogP contribution in [0.5, 0.6) is 0 Å². The fraction of sp³-hybridized carbons (Fsp3) is 0.533. The highest BCUT2D eigenvalue weighted by atomic mass is 19.4. The summed E-state index contributed by atoms with van der Waals surface area (Å²) < 4.78 is 40.3. The zero-order valence-electron chi connectivity index (χ0n) is 12.1. The van der Waals surface area contributed by atoms with Crippen molar-refractivity contribution in [1.29, 1.82) is 0 Å². The molecule has 0 fully saturated rings. The zero-order valence-corrected chi connectivity index (χ0v) is 12.1. The molecule has 0 aliphatic heterocycles.